The van der Waals surface area contributed by atoms with Crippen LogP contribution < -0.4 is 5.32 Å². The summed E-state index contributed by atoms with van der Waals surface area (Å²) in [7, 11) is 0. The number of unbranched alkanes of at least 4 members (excludes halogenated alkanes) is 1. The van der Waals surface area contributed by atoms with E-state index in [1.165, 1.54) is 19.3 Å². The number of carbonyl (C=O) groups is 2. The molecule has 3 saturated carbocycles. The maximum absolute atomic E-state index is 12.0. The first-order valence-electron chi connectivity index (χ1n) is 13.5. The van der Waals surface area contributed by atoms with Crippen molar-refractivity contribution in [2.24, 2.45) is 40.9 Å². The maximum atomic E-state index is 12.0. The summed E-state index contributed by atoms with van der Waals surface area (Å²) in [5.74, 6) is 1.72. The Kier molecular flexibility index (Phi) is 9.24. The normalized spacial score (nSPS) is 37.6. The third-order valence-electron chi connectivity index (χ3n) is 9.65. The molecule has 3 rings (SSSR count). The first-order valence-corrected chi connectivity index (χ1v) is 13.5. The molecule has 3 fully saturated rings. The molecular formula is C27H47NO5. The van der Waals surface area contributed by atoms with Gasteiger partial charge in [0.05, 0.1) is 12.2 Å². The second-order valence-corrected chi connectivity index (χ2v) is 11.8. The first kappa shape index (κ1) is 26.5. The number of hydrogen-bond acceptors (Lipinski definition) is 4. The highest BCUT2D eigenvalue weighted by atomic mass is 16.4. The molecule has 6 nitrogen and oxygen atoms in total. The molecule has 7 unspecified atom stereocenters. The van der Waals surface area contributed by atoms with Crippen LogP contribution in [0.4, 0.5) is 0 Å². The number of nitrogens with one attached hydrogen (secondary N) is 1. The lowest BCUT2D eigenvalue weighted by Gasteiger charge is -2.54. The Bertz CT molecular complexity index is 669. The van der Waals surface area contributed by atoms with E-state index in [0.717, 1.165) is 51.4 Å². The Morgan fingerprint density at radius 1 is 1.15 bits per heavy atom. The van der Waals surface area contributed by atoms with E-state index < -0.39 is 5.97 Å². The van der Waals surface area contributed by atoms with Crippen molar-refractivity contribution >= 4 is 11.9 Å². The molecule has 0 bridgehead atoms. The minimum Gasteiger partial charge on any atom is -0.480 e. The summed E-state index contributed by atoms with van der Waals surface area (Å²) in [6.07, 6.45) is 11.3. The average Bonchev–Trinajstić information content (AvgIpc) is 3.11. The SMILES string of the molecule is CCCC[C@@H](O)CC1CC2CCC3(C)C(C(C)CCC(=O)NCC(=O)O)CCC3C2[C@H](O)C1. The molecule has 190 valence electrons. The van der Waals surface area contributed by atoms with Crippen LogP contribution in [0.15, 0.2) is 0 Å². The van der Waals surface area contributed by atoms with Crippen LogP contribution in [0.2, 0.25) is 0 Å². The summed E-state index contributed by atoms with van der Waals surface area (Å²) in [5.41, 5.74) is 0.215. The number of hydrogen-bond donors (Lipinski definition) is 4. The second kappa shape index (κ2) is 11.5. The number of aliphatic carboxylic acids is 1. The van der Waals surface area contributed by atoms with E-state index in [9.17, 15) is 19.8 Å². The molecular weight excluding hydrogens is 418 g/mol. The molecule has 0 aromatic carbocycles. The van der Waals surface area contributed by atoms with E-state index in [-0.39, 0.29) is 30.1 Å². The summed E-state index contributed by atoms with van der Waals surface area (Å²) in [6.45, 7) is 6.53. The highest BCUT2D eigenvalue weighted by Crippen LogP contribution is 2.63. The molecule has 0 aromatic heterocycles. The molecule has 6 heteroatoms. The number of carboxylic acids is 1. The van der Waals surface area contributed by atoms with Gasteiger partial charge in [-0.05, 0) is 98.7 Å². The van der Waals surface area contributed by atoms with E-state index in [1.54, 1.807) is 0 Å². The standard InChI is InChI=1S/C27H47NO5/c1-4-5-6-20(29)14-18-13-19-11-12-27(3)21(8-9-22(27)26(19)23(30)15-18)17(2)7-10-24(31)28-16-25(32)33/h17-23,26,29-30H,4-16H2,1-3H3,(H,28,31)(H,32,33)/t17?,18?,19?,20-,21?,22?,23-,26?,27?/m1/s1. The first-order chi connectivity index (χ1) is 15.7. The number of fused-ring (bicyclic) bond motifs is 3. The van der Waals surface area contributed by atoms with Gasteiger partial charge in [-0.25, -0.2) is 0 Å². The molecule has 33 heavy (non-hydrogen) atoms. The lowest BCUT2D eigenvalue weighted by molar-refractivity contribution is -0.138. The summed E-state index contributed by atoms with van der Waals surface area (Å²) in [5, 5.41) is 32.9. The molecule has 4 N–H and O–H groups in total. The fourth-order valence-corrected chi connectivity index (χ4v) is 8.09. The Hall–Kier alpha value is -1.14. The average molecular weight is 466 g/mol. The predicted octanol–water partition coefficient (Wildman–Crippen LogP) is 4.37. The van der Waals surface area contributed by atoms with Gasteiger partial charge in [0.2, 0.25) is 5.91 Å². The van der Waals surface area contributed by atoms with Crippen LogP contribution in [-0.4, -0.2) is 45.9 Å². The number of aliphatic hydroxyl groups excluding tert-OH is 2. The van der Waals surface area contributed by atoms with Crippen molar-refractivity contribution in [1.82, 2.24) is 5.32 Å². The highest BCUT2D eigenvalue weighted by molar-refractivity contribution is 5.81. The topological polar surface area (TPSA) is 107 Å². The maximum Gasteiger partial charge on any atom is 0.322 e. The van der Waals surface area contributed by atoms with Crippen molar-refractivity contribution in [2.75, 3.05) is 6.54 Å². The van der Waals surface area contributed by atoms with E-state index >= 15 is 0 Å². The van der Waals surface area contributed by atoms with E-state index in [2.05, 4.69) is 26.1 Å². The van der Waals surface area contributed by atoms with Gasteiger partial charge in [-0.3, -0.25) is 9.59 Å². The van der Waals surface area contributed by atoms with Gasteiger partial charge < -0.3 is 20.6 Å². The van der Waals surface area contributed by atoms with Gasteiger partial charge in [0.25, 0.3) is 0 Å². The monoisotopic (exact) mass is 465 g/mol. The molecule has 1 amide bonds. The Labute approximate surface area is 199 Å². The van der Waals surface area contributed by atoms with Gasteiger partial charge in [-0.2, -0.15) is 0 Å². The van der Waals surface area contributed by atoms with Crippen molar-refractivity contribution < 1.29 is 24.9 Å². The van der Waals surface area contributed by atoms with Gasteiger partial charge in [-0.15, -0.1) is 0 Å². The number of rotatable bonds is 11. The largest absolute Gasteiger partial charge is 0.480 e. The highest BCUT2D eigenvalue weighted by Gasteiger charge is 2.57. The van der Waals surface area contributed by atoms with Gasteiger partial charge in [0.1, 0.15) is 6.54 Å². The molecule has 0 aliphatic heterocycles. The van der Waals surface area contributed by atoms with Crippen molar-refractivity contribution in [3.63, 3.8) is 0 Å². The predicted molar refractivity (Wildman–Crippen MR) is 128 cm³/mol. The van der Waals surface area contributed by atoms with E-state index in [0.29, 0.717) is 41.9 Å². The zero-order valence-corrected chi connectivity index (χ0v) is 21.0. The third kappa shape index (κ3) is 6.30. The van der Waals surface area contributed by atoms with Gasteiger partial charge >= 0.3 is 5.97 Å². The van der Waals surface area contributed by atoms with Gasteiger partial charge in [-0.1, -0.05) is 33.6 Å². The van der Waals surface area contributed by atoms with Crippen molar-refractivity contribution in [2.45, 2.75) is 110 Å². The van der Waals surface area contributed by atoms with E-state index in [1.807, 2.05) is 0 Å². The quantitative estimate of drug-likeness (QED) is 0.362. The zero-order chi connectivity index (χ0) is 24.2. The molecule has 3 aliphatic carbocycles. The van der Waals surface area contributed by atoms with Gasteiger partial charge in [0.15, 0.2) is 0 Å². The van der Waals surface area contributed by atoms with Crippen LogP contribution >= 0.6 is 0 Å². The number of carbonyl (C=O) groups excluding carboxylic acids is 1. The Morgan fingerprint density at radius 2 is 1.91 bits per heavy atom. The van der Waals surface area contributed by atoms with Crippen LogP contribution in [0.1, 0.15) is 97.8 Å². The zero-order valence-electron chi connectivity index (χ0n) is 21.0. The van der Waals surface area contributed by atoms with Crippen molar-refractivity contribution in [3.8, 4) is 0 Å². The second-order valence-electron chi connectivity index (χ2n) is 11.8. The molecule has 0 aromatic rings. The fraction of sp³-hybridized carbons (Fsp3) is 0.926. The fourth-order valence-electron chi connectivity index (χ4n) is 8.09. The number of carboxylic acid groups (broad SMARTS) is 1. The molecule has 3 aliphatic rings. The lowest BCUT2D eigenvalue weighted by Crippen LogP contribution is -2.50. The van der Waals surface area contributed by atoms with E-state index in [4.69, 9.17) is 5.11 Å². The Morgan fingerprint density at radius 3 is 2.61 bits per heavy atom. The lowest BCUT2D eigenvalue weighted by atomic mass is 9.52. The summed E-state index contributed by atoms with van der Waals surface area (Å²) in [4.78, 5) is 22.7. The third-order valence-corrected chi connectivity index (χ3v) is 9.65. The molecule has 9 atom stereocenters. The van der Waals surface area contributed by atoms with Crippen LogP contribution in [0.5, 0.6) is 0 Å². The van der Waals surface area contributed by atoms with Crippen LogP contribution in [0, 0.1) is 40.9 Å². The van der Waals surface area contributed by atoms with Crippen LogP contribution in [0.3, 0.4) is 0 Å². The minimum atomic E-state index is -1.01. The van der Waals surface area contributed by atoms with Crippen molar-refractivity contribution in [1.29, 1.82) is 0 Å². The van der Waals surface area contributed by atoms with Crippen molar-refractivity contribution in [3.05, 3.63) is 0 Å². The molecule has 0 spiro atoms. The number of amides is 1. The Balaban J connectivity index is 1.56. The summed E-state index contributed by atoms with van der Waals surface area (Å²) < 4.78 is 0. The van der Waals surface area contributed by atoms with Gasteiger partial charge in [0, 0.05) is 6.42 Å². The van der Waals surface area contributed by atoms with Crippen LogP contribution in [-0.2, 0) is 9.59 Å². The molecule has 0 radical (unpaired) electrons. The summed E-state index contributed by atoms with van der Waals surface area (Å²) in [6, 6.07) is 0. The minimum absolute atomic E-state index is 0.178. The molecule has 0 saturated heterocycles. The van der Waals surface area contributed by atoms with Crippen LogP contribution in [0.25, 0.3) is 0 Å². The molecule has 0 heterocycles. The number of aliphatic hydroxyl groups is 2. The summed E-state index contributed by atoms with van der Waals surface area (Å²) >= 11 is 0. The smallest absolute Gasteiger partial charge is 0.322 e.